The summed E-state index contributed by atoms with van der Waals surface area (Å²) < 4.78 is 31.1. The van der Waals surface area contributed by atoms with Crippen LogP contribution in [0.15, 0.2) is 58.5 Å². The zero-order chi connectivity index (χ0) is 21.7. The van der Waals surface area contributed by atoms with Gasteiger partial charge in [0.25, 0.3) is 5.56 Å². The Kier molecular flexibility index (Phi) is 7.04. The normalized spacial score (nSPS) is 11.3. The first-order valence-corrected chi connectivity index (χ1v) is 10.3. The number of para-hydroxylation sites is 3. The summed E-state index contributed by atoms with van der Waals surface area (Å²) in [7, 11) is 0. The topological polar surface area (TPSA) is 73.2 Å². The molecule has 1 amide bonds. The molecule has 0 aliphatic heterocycles. The van der Waals surface area contributed by atoms with Crippen LogP contribution in [0.25, 0.3) is 10.9 Å². The van der Waals surface area contributed by atoms with E-state index in [1.807, 2.05) is 13.8 Å². The van der Waals surface area contributed by atoms with Gasteiger partial charge in [-0.3, -0.25) is 14.2 Å². The van der Waals surface area contributed by atoms with Crippen LogP contribution in [0.4, 0.5) is 14.5 Å². The maximum Gasteiger partial charge on any atom is 0.387 e. The number of hydrogen-bond acceptors (Lipinski definition) is 5. The maximum absolute atomic E-state index is 12.9. The Morgan fingerprint density at radius 1 is 1.17 bits per heavy atom. The quantitative estimate of drug-likeness (QED) is 0.422. The molecule has 2 aromatic carbocycles. The fraction of sp³-hybridized carbons (Fsp3) is 0.286. The number of fused-ring (bicyclic) bond motifs is 1. The van der Waals surface area contributed by atoms with E-state index in [-0.39, 0.29) is 28.7 Å². The van der Waals surface area contributed by atoms with Gasteiger partial charge in [0.2, 0.25) is 5.91 Å². The summed E-state index contributed by atoms with van der Waals surface area (Å²) >= 11 is 1.12. The predicted molar refractivity (Wildman–Crippen MR) is 113 cm³/mol. The van der Waals surface area contributed by atoms with Crippen molar-refractivity contribution in [2.24, 2.45) is 5.92 Å². The lowest BCUT2D eigenvalue weighted by atomic mass is 10.2. The first kappa shape index (κ1) is 21.8. The summed E-state index contributed by atoms with van der Waals surface area (Å²) in [5, 5.41) is 3.51. The van der Waals surface area contributed by atoms with Gasteiger partial charge in [-0.2, -0.15) is 8.78 Å². The van der Waals surface area contributed by atoms with E-state index in [4.69, 9.17) is 0 Å². The van der Waals surface area contributed by atoms with Crippen molar-refractivity contribution < 1.29 is 18.3 Å². The molecule has 9 heteroatoms. The number of rotatable bonds is 8. The van der Waals surface area contributed by atoms with Crippen molar-refractivity contribution in [1.29, 1.82) is 0 Å². The Morgan fingerprint density at radius 2 is 1.87 bits per heavy atom. The molecule has 30 heavy (non-hydrogen) atoms. The lowest BCUT2D eigenvalue weighted by Gasteiger charge is -2.15. The van der Waals surface area contributed by atoms with Crippen molar-refractivity contribution in [2.75, 3.05) is 11.1 Å². The molecule has 0 unspecified atom stereocenters. The fourth-order valence-electron chi connectivity index (χ4n) is 2.87. The monoisotopic (exact) mass is 433 g/mol. The van der Waals surface area contributed by atoms with E-state index in [0.29, 0.717) is 22.6 Å². The molecular weight excluding hydrogens is 412 g/mol. The third-order valence-corrected chi connectivity index (χ3v) is 5.06. The number of carbonyl (C=O) groups excluding carboxylic acids is 1. The lowest BCUT2D eigenvalue weighted by molar-refractivity contribution is -0.113. The molecule has 0 saturated carbocycles. The van der Waals surface area contributed by atoms with Gasteiger partial charge in [0.05, 0.1) is 22.3 Å². The van der Waals surface area contributed by atoms with Crippen molar-refractivity contribution in [1.82, 2.24) is 9.55 Å². The van der Waals surface area contributed by atoms with Gasteiger partial charge in [0.15, 0.2) is 5.16 Å². The Labute approximate surface area is 176 Å². The Bertz CT molecular complexity index is 1100. The summed E-state index contributed by atoms with van der Waals surface area (Å²) in [5.74, 6) is -0.390. The standard InChI is InChI=1S/C21H21F2N3O3S/c1-13(2)11-26-19(28)14-7-3-4-8-15(14)25-21(26)30-12-18(27)24-16-9-5-6-10-17(16)29-20(22)23/h3-10,13,20H,11-12H2,1-2H3,(H,24,27). The highest BCUT2D eigenvalue weighted by Gasteiger charge is 2.16. The third kappa shape index (κ3) is 5.35. The minimum atomic E-state index is -3.00. The second kappa shape index (κ2) is 9.71. The number of amides is 1. The summed E-state index contributed by atoms with van der Waals surface area (Å²) in [4.78, 5) is 29.9. The molecule has 1 heterocycles. The highest BCUT2D eigenvalue weighted by atomic mass is 32.2. The van der Waals surface area contributed by atoms with Gasteiger partial charge in [0, 0.05) is 6.54 Å². The molecule has 6 nitrogen and oxygen atoms in total. The molecular formula is C21H21F2N3O3S. The highest BCUT2D eigenvalue weighted by molar-refractivity contribution is 7.99. The average Bonchev–Trinajstić information content (AvgIpc) is 2.70. The maximum atomic E-state index is 12.9. The Morgan fingerprint density at radius 3 is 2.60 bits per heavy atom. The van der Waals surface area contributed by atoms with Crippen molar-refractivity contribution >= 4 is 34.3 Å². The second-order valence-corrected chi connectivity index (χ2v) is 7.88. The van der Waals surface area contributed by atoms with Crippen LogP contribution in [-0.2, 0) is 11.3 Å². The van der Waals surface area contributed by atoms with E-state index < -0.39 is 12.5 Å². The van der Waals surface area contributed by atoms with Crippen LogP contribution >= 0.6 is 11.8 Å². The Hall–Kier alpha value is -2.94. The second-order valence-electron chi connectivity index (χ2n) is 6.93. The number of anilines is 1. The minimum Gasteiger partial charge on any atom is -0.433 e. The van der Waals surface area contributed by atoms with Gasteiger partial charge in [0.1, 0.15) is 5.75 Å². The predicted octanol–water partition coefficient (Wildman–Crippen LogP) is 4.38. The van der Waals surface area contributed by atoms with Crippen LogP contribution in [0.1, 0.15) is 13.8 Å². The number of aromatic nitrogens is 2. The van der Waals surface area contributed by atoms with Crippen molar-refractivity contribution in [2.45, 2.75) is 32.2 Å². The van der Waals surface area contributed by atoms with Crippen LogP contribution in [0.2, 0.25) is 0 Å². The van der Waals surface area contributed by atoms with Crippen LogP contribution in [-0.4, -0.2) is 27.8 Å². The molecule has 1 aromatic heterocycles. The van der Waals surface area contributed by atoms with Gasteiger partial charge in [-0.1, -0.05) is 49.9 Å². The summed E-state index contributed by atoms with van der Waals surface area (Å²) in [5.41, 5.74) is 0.545. The number of thioether (sulfide) groups is 1. The molecule has 0 fully saturated rings. The molecule has 0 spiro atoms. The van der Waals surface area contributed by atoms with E-state index in [0.717, 1.165) is 11.8 Å². The molecule has 0 saturated heterocycles. The molecule has 158 valence electrons. The van der Waals surface area contributed by atoms with Crippen LogP contribution in [0.3, 0.4) is 0 Å². The number of carbonyl (C=O) groups is 1. The van der Waals surface area contributed by atoms with Gasteiger partial charge in [-0.05, 0) is 30.2 Å². The third-order valence-electron chi connectivity index (χ3n) is 4.08. The summed E-state index contributed by atoms with van der Waals surface area (Å²) in [6.07, 6.45) is 0. The Balaban J connectivity index is 1.80. The molecule has 3 aromatic rings. The van der Waals surface area contributed by atoms with E-state index in [2.05, 4.69) is 15.0 Å². The molecule has 3 rings (SSSR count). The van der Waals surface area contributed by atoms with Crippen molar-refractivity contribution in [3.63, 3.8) is 0 Å². The van der Waals surface area contributed by atoms with Gasteiger partial charge >= 0.3 is 6.61 Å². The smallest absolute Gasteiger partial charge is 0.387 e. The number of benzene rings is 2. The zero-order valence-electron chi connectivity index (χ0n) is 16.5. The van der Waals surface area contributed by atoms with E-state index in [1.54, 1.807) is 34.9 Å². The largest absolute Gasteiger partial charge is 0.433 e. The first-order valence-electron chi connectivity index (χ1n) is 9.31. The first-order chi connectivity index (χ1) is 14.3. The van der Waals surface area contributed by atoms with Crippen LogP contribution in [0.5, 0.6) is 5.75 Å². The summed E-state index contributed by atoms with van der Waals surface area (Å²) in [6.45, 7) is 1.45. The molecule has 1 N–H and O–H groups in total. The molecule has 0 atom stereocenters. The number of nitrogens with one attached hydrogen (secondary N) is 1. The molecule has 0 radical (unpaired) electrons. The van der Waals surface area contributed by atoms with Gasteiger partial charge in [-0.25, -0.2) is 4.98 Å². The lowest BCUT2D eigenvalue weighted by Crippen LogP contribution is -2.26. The number of ether oxygens (including phenoxy) is 1. The van der Waals surface area contributed by atoms with E-state index in [1.165, 1.54) is 18.2 Å². The zero-order valence-corrected chi connectivity index (χ0v) is 17.3. The van der Waals surface area contributed by atoms with Crippen molar-refractivity contribution in [3.05, 3.63) is 58.9 Å². The molecule has 0 aliphatic rings. The summed E-state index contributed by atoms with van der Waals surface area (Å²) in [6, 6.07) is 13.0. The number of nitrogens with zero attached hydrogens (tertiary/aromatic N) is 2. The van der Waals surface area contributed by atoms with E-state index >= 15 is 0 Å². The highest BCUT2D eigenvalue weighted by Crippen LogP contribution is 2.26. The van der Waals surface area contributed by atoms with Gasteiger partial charge < -0.3 is 10.1 Å². The molecule has 0 bridgehead atoms. The van der Waals surface area contributed by atoms with Gasteiger partial charge in [-0.15, -0.1) is 0 Å². The van der Waals surface area contributed by atoms with E-state index in [9.17, 15) is 18.4 Å². The number of alkyl halides is 2. The number of halogens is 2. The molecule has 0 aliphatic carbocycles. The number of hydrogen-bond donors (Lipinski definition) is 1. The SMILES string of the molecule is CC(C)Cn1c(SCC(=O)Nc2ccccc2OC(F)F)nc2ccccc2c1=O. The fourth-order valence-corrected chi connectivity index (χ4v) is 3.68. The minimum absolute atomic E-state index is 0.0497. The average molecular weight is 433 g/mol. The van der Waals surface area contributed by atoms with Crippen LogP contribution in [0, 0.1) is 5.92 Å². The van der Waals surface area contributed by atoms with Crippen LogP contribution < -0.4 is 15.6 Å². The van der Waals surface area contributed by atoms with Crippen molar-refractivity contribution in [3.8, 4) is 5.75 Å².